The van der Waals surface area contributed by atoms with Crippen molar-refractivity contribution in [1.29, 1.82) is 0 Å². The predicted octanol–water partition coefficient (Wildman–Crippen LogP) is 2.33. The molecular formula is C14H19ClN2O3. The SMILES string of the molecule is CC(=O)Nc1ccc(C(Cl)CN(C)CCC(=O)O)cc1. The Balaban J connectivity index is 2.52. The number of aliphatic carboxylic acids is 1. The van der Waals surface area contributed by atoms with E-state index < -0.39 is 5.97 Å². The number of nitrogens with zero attached hydrogens (tertiary/aromatic N) is 1. The third-order valence-electron chi connectivity index (χ3n) is 2.77. The number of rotatable bonds is 7. The summed E-state index contributed by atoms with van der Waals surface area (Å²) in [6.45, 7) is 2.48. The van der Waals surface area contributed by atoms with E-state index in [0.717, 1.165) is 11.3 Å². The smallest absolute Gasteiger partial charge is 0.304 e. The molecule has 0 aliphatic rings. The number of nitrogens with one attached hydrogen (secondary N) is 1. The van der Waals surface area contributed by atoms with Gasteiger partial charge in [0.1, 0.15) is 0 Å². The molecule has 1 rings (SSSR count). The van der Waals surface area contributed by atoms with Gasteiger partial charge in [-0.3, -0.25) is 9.59 Å². The molecule has 0 fully saturated rings. The number of amides is 1. The summed E-state index contributed by atoms with van der Waals surface area (Å²) in [4.78, 5) is 23.3. The van der Waals surface area contributed by atoms with Gasteiger partial charge in [-0.1, -0.05) is 12.1 Å². The molecular weight excluding hydrogens is 280 g/mol. The van der Waals surface area contributed by atoms with Crippen molar-refractivity contribution in [1.82, 2.24) is 4.90 Å². The molecule has 1 atom stereocenters. The number of carbonyl (C=O) groups is 2. The van der Waals surface area contributed by atoms with E-state index in [-0.39, 0.29) is 17.7 Å². The fourth-order valence-corrected chi connectivity index (χ4v) is 2.12. The van der Waals surface area contributed by atoms with E-state index in [9.17, 15) is 9.59 Å². The van der Waals surface area contributed by atoms with Gasteiger partial charge in [0.2, 0.25) is 5.91 Å². The first-order valence-electron chi connectivity index (χ1n) is 6.30. The fourth-order valence-electron chi connectivity index (χ4n) is 1.74. The second-order valence-corrected chi connectivity index (χ2v) is 5.20. The average molecular weight is 299 g/mol. The first kappa shape index (κ1) is 16.5. The maximum Gasteiger partial charge on any atom is 0.304 e. The number of anilines is 1. The Kier molecular flexibility index (Phi) is 6.48. The number of carboxylic acid groups (broad SMARTS) is 1. The van der Waals surface area contributed by atoms with Crippen LogP contribution >= 0.6 is 11.6 Å². The lowest BCUT2D eigenvalue weighted by Gasteiger charge is -2.19. The van der Waals surface area contributed by atoms with Crippen molar-refractivity contribution < 1.29 is 14.7 Å². The minimum Gasteiger partial charge on any atom is -0.481 e. The lowest BCUT2D eigenvalue weighted by atomic mass is 10.1. The number of carboxylic acids is 1. The summed E-state index contributed by atoms with van der Waals surface area (Å²) < 4.78 is 0. The van der Waals surface area contributed by atoms with E-state index >= 15 is 0 Å². The molecule has 1 aromatic carbocycles. The van der Waals surface area contributed by atoms with Gasteiger partial charge in [0, 0.05) is 25.7 Å². The van der Waals surface area contributed by atoms with Crippen LogP contribution in [0.4, 0.5) is 5.69 Å². The molecule has 0 aromatic heterocycles. The fraction of sp³-hybridized carbons (Fsp3) is 0.429. The molecule has 2 N–H and O–H groups in total. The van der Waals surface area contributed by atoms with Crippen LogP contribution < -0.4 is 5.32 Å². The zero-order valence-corrected chi connectivity index (χ0v) is 12.4. The third-order valence-corrected chi connectivity index (χ3v) is 3.16. The summed E-state index contributed by atoms with van der Waals surface area (Å²) >= 11 is 6.30. The molecule has 0 aliphatic heterocycles. The van der Waals surface area contributed by atoms with Crippen LogP contribution in [0.15, 0.2) is 24.3 Å². The summed E-state index contributed by atoms with van der Waals surface area (Å²) in [5, 5.41) is 11.1. The zero-order chi connectivity index (χ0) is 15.1. The van der Waals surface area contributed by atoms with Crippen molar-refractivity contribution >= 4 is 29.2 Å². The Morgan fingerprint density at radius 3 is 2.45 bits per heavy atom. The second-order valence-electron chi connectivity index (χ2n) is 4.68. The Morgan fingerprint density at radius 2 is 1.95 bits per heavy atom. The Labute approximate surface area is 123 Å². The van der Waals surface area contributed by atoms with E-state index in [1.165, 1.54) is 6.92 Å². The van der Waals surface area contributed by atoms with Gasteiger partial charge in [0.05, 0.1) is 11.8 Å². The van der Waals surface area contributed by atoms with Crippen LogP contribution in [-0.2, 0) is 9.59 Å². The van der Waals surface area contributed by atoms with Crippen molar-refractivity contribution in [3.8, 4) is 0 Å². The van der Waals surface area contributed by atoms with Crippen LogP contribution in [0.25, 0.3) is 0 Å². The summed E-state index contributed by atoms with van der Waals surface area (Å²) in [6.07, 6.45) is 0.0988. The number of benzene rings is 1. The molecule has 0 saturated heterocycles. The number of likely N-dealkylation sites (N-methyl/N-ethyl adjacent to an activating group) is 1. The summed E-state index contributed by atoms with van der Waals surface area (Å²) in [7, 11) is 1.84. The zero-order valence-electron chi connectivity index (χ0n) is 11.6. The van der Waals surface area contributed by atoms with E-state index in [0.29, 0.717) is 13.1 Å². The quantitative estimate of drug-likeness (QED) is 0.758. The first-order valence-corrected chi connectivity index (χ1v) is 6.74. The molecule has 0 saturated carbocycles. The van der Waals surface area contributed by atoms with Crippen LogP contribution in [0, 0.1) is 0 Å². The standard InChI is InChI=1S/C14H19ClN2O3/c1-10(18)16-12-5-3-11(4-6-12)13(15)9-17(2)8-7-14(19)20/h3-6,13H,7-9H2,1-2H3,(H,16,18)(H,19,20). The van der Waals surface area contributed by atoms with Gasteiger partial charge >= 0.3 is 5.97 Å². The molecule has 1 aromatic rings. The summed E-state index contributed by atoms with van der Waals surface area (Å²) in [5.74, 6) is -0.934. The number of halogens is 1. The molecule has 20 heavy (non-hydrogen) atoms. The van der Waals surface area contributed by atoms with Gasteiger partial charge in [-0.15, -0.1) is 11.6 Å². The molecule has 1 unspecified atom stereocenters. The maximum atomic E-state index is 10.9. The topological polar surface area (TPSA) is 69.6 Å². The number of hydrogen-bond donors (Lipinski definition) is 2. The molecule has 0 heterocycles. The van der Waals surface area contributed by atoms with E-state index in [4.69, 9.17) is 16.7 Å². The molecule has 0 radical (unpaired) electrons. The van der Waals surface area contributed by atoms with Gasteiger partial charge in [-0.05, 0) is 24.7 Å². The Hall–Kier alpha value is -1.59. The lowest BCUT2D eigenvalue weighted by Crippen LogP contribution is -2.25. The van der Waals surface area contributed by atoms with Gasteiger partial charge in [-0.2, -0.15) is 0 Å². The van der Waals surface area contributed by atoms with Gasteiger partial charge in [-0.25, -0.2) is 0 Å². The highest BCUT2D eigenvalue weighted by molar-refractivity contribution is 6.21. The lowest BCUT2D eigenvalue weighted by molar-refractivity contribution is -0.137. The van der Waals surface area contributed by atoms with Crippen molar-refractivity contribution in [2.75, 3.05) is 25.5 Å². The van der Waals surface area contributed by atoms with Crippen molar-refractivity contribution in [2.24, 2.45) is 0 Å². The van der Waals surface area contributed by atoms with Crippen LogP contribution in [0.2, 0.25) is 0 Å². The largest absolute Gasteiger partial charge is 0.481 e. The molecule has 110 valence electrons. The van der Waals surface area contributed by atoms with E-state index in [2.05, 4.69) is 5.32 Å². The van der Waals surface area contributed by atoms with Crippen LogP contribution in [0.3, 0.4) is 0 Å². The molecule has 0 bridgehead atoms. The van der Waals surface area contributed by atoms with Gasteiger partial charge < -0.3 is 15.3 Å². The van der Waals surface area contributed by atoms with Crippen LogP contribution in [-0.4, -0.2) is 42.0 Å². The highest BCUT2D eigenvalue weighted by atomic mass is 35.5. The number of alkyl halides is 1. The number of carbonyl (C=O) groups excluding carboxylic acids is 1. The van der Waals surface area contributed by atoms with Crippen LogP contribution in [0.1, 0.15) is 24.3 Å². The summed E-state index contributed by atoms with van der Waals surface area (Å²) in [6, 6.07) is 7.30. The van der Waals surface area contributed by atoms with Gasteiger partial charge in [0.15, 0.2) is 0 Å². The van der Waals surface area contributed by atoms with Crippen molar-refractivity contribution in [3.05, 3.63) is 29.8 Å². The monoisotopic (exact) mass is 298 g/mol. The minimum atomic E-state index is -0.817. The predicted molar refractivity (Wildman–Crippen MR) is 79.1 cm³/mol. The Bertz CT molecular complexity index is 462. The Morgan fingerprint density at radius 1 is 1.35 bits per heavy atom. The molecule has 5 nitrogen and oxygen atoms in total. The van der Waals surface area contributed by atoms with Gasteiger partial charge in [0.25, 0.3) is 0 Å². The highest BCUT2D eigenvalue weighted by Gasteiger charge is 2.12. The summed E-state index contributed by atoms with van der Waals surface area (Å²) in [5.41, 5.74) is 1.66. The molecule has 0 spiro atoms. The molecule has 0 aliphatic carbocycles. The first-order chi connectivity index (χ1) is 9.38. The van der Waals surface area contributed by atoms with E-state index in [1.807, 2.05) is 24.1 Å². The normalized spacial score (nSPS) is 12.2. The molecule has 1 amide bonds. The van der Waals surface area contributed by atoms with Crippen molar-refractivity contribution in [2.45, 2.75) is 18.7 Å². The maximum absolute atomic E-state index is 10.9. The average Bonchev–Trinajstić information content (AvgIpc) is 2.36. The molecule has 6 heteroatoms. The highest BCUT2D eigenvalue weighted by Crippen LogP contribution is 2.23. The number of hydrogen-bond acceptors (Lipinski definition) is 3. The second kappa shape index (κ2) is 7.87. The van der Waals surface area contributed by atoms with E-state index in [1.54, 1.807) is 12.1 Å². The van der Waals surface area contributed by atoms with Crippen LogP contribution in [0.5, 0.6) is 0 Å². The van der Waals surface area contributed by atoms with Crippen molar-refractivity contribution in [3.63, 3.8) is 0 Å². The third kappa shape index (κ3) is 6.04. The minimum absolute atomic E-state index is 0.0988.